The number of esters is 1. The van der Waals surface area contributed by atoms with E-state index in [0.29, 0.717) is 0 Å². The molecule has 1 atom stereocenters. The number of halogens is 3. The van der Waals surface area contributed by atoms with Gasteiger partial charge < -0.3 is 14.4 Å². The summed E-state index contributed by atoms with van der Waals surface area (Å²) in [5, 5.41) is 0. The molecule has 0 aliphatic carbocycles. The normalized spacial score (nSPS) is 21.2. The van der Waals surface area contributed by atoms with Crippen molar-refractivity contribution in [1.82, 2.24) is 4.90 Å². The van der Waals surface area contributed by atoms with Gasteiger partial charge in [0.1, 0.15) is 6.42 Å². The minimum Gasteiger partial charge on any atom is -0.467 e. The van der Waals surface area contributed by atoms with Crippen LogP contribution in [0.2, 0.25) is 0 Å². The first-order valence-electron chi connectivity index (χ1n) is 4.87. The largest absolute Gasteiger partial charge is 0.467 e. The molecule has 1 aliphatic rings. The van der Waals surface area contributed by atoms with Crippen LogP contribution >= 0.6 is 0 Å². The fraction of sp³-hybridized carbons (Fsp3) is 0.778. The zero-order valence-corrected chi connectivity index (χ0v) is 9.12. The van der Waals surface area contributed by atoms with Gasteiger partial charge in [0.05, 0.1) is 20.3 Å². The SMILES string of the molecule is COC(=O)C1COCCN1C(=O)CC(F)(F)F. The maximum atomic E-state index is 12.1. The summed E-state index contributed by atoms with van der Waals surface area (Å²) < 4.78 is 45.6. The van der Waals surface area contributed by atoms with Crippen LogP contribution in [-0.4, -0.2) is 55.9 Å². The Morgan fingerprint density at radius 2 is 2.12 bits per heavy atom. The van der Waals surface area contributed by atoms with E-state index < -0.39 is 30.5 Å². The highest BCUT2D eigenvalue weighted by Crippen LogP contribution is 2.22. The molecule has 98 valence electrons. The van der Waals surface area contributed by atoms with Gasteiger partial charge in [0.15, 0.2) is 6.04 Å². The Labute approximate surface area is 95.5 Å². The van der Waals surface area contributed by atoms with Crippen molar-refractivity contribution in [3.63, 3.8) is 0 Å². The Balaban J connectivity index is 2.71. The van der Waals surface area contributed by atoms with Crippen molar-refractivity contribution >= 4 is 11.9 Å². The van der Waals surface area contributed by atoms with E-state index in [1.807, 2.05) is 0 Å². The number of ether oxygens (including phenoxy) is 2. The Bertz CT molecular complexity index is 305. The summed E-state index contributed by atoms with van der Waals surface area (Å²) in [4.78, 5) is 23.5. The second kappa shape index (κ2) is 5.35. The van der Waals surface area contributed by atoms with Crippen LogP contribution in [0.15, 0.2) is 0 Å². The van der Waals surface area contributed by atoms with E-state index in [4.69, 9.17) is 4.74 Å². The van der Waals surface area contributed by atoms with Crippen LogP contribution in [0.3, 0.4) is 0 Å². The molecule has 1 fully saturated rings. The Morgan fingerprint density at radius 1 is 1.47 bits per heavy atom. The van der Waals surface area contributed by atoms with Crippen LogP contribution in [0.25, 0.3) is 0 Å². The van der Waals surface area contributed by atoms with E-state index in [1.54, 1.807) is 0 Å². The molecule has 1 rings (SSSR count). The maximum Gasteiger partial charge on any atom is 0.397 e. The number of methoxy groups -OCH3 is 1. The van der Waals surface area contributed by atoms with Crippen LogP contribution in [0, 0.1) is 0 Å². The number of hydrogen-bond acceptors (Lipinski definition) is 4. The molecule has 0 aromatic heterocycles. The van der Waals surface area contributed by atoms with Gasteiger partial charge in [-0.3, -0.25) is 4.79 Å². The Morgan fingerprint density at radius 3 is 2.65 bits per heavy atom. The summed E-state index contributed by atoms with van der Waals surface area (Å²) in [6.45, 7) is -0.0813. The van der Waals surface area contributed by atoms with Crippen LogP contribution in [-0.2, 0) is 19.1 Å². The summed E-state index contributed by atoms with van der Waals surface area (Å²) in [7, 11) is 1.10. The zero-order chi connectivity index (χ0) is 13.1. The van der Waals surface area contributed by atoms with Crippen molar-refractivity contribution in [2.24, 2.45) is 0 Å². The third-order valence-electron chi connectivity index (χ3n) is 2.27. The molecule has 0 spiro atoms. The highest BCUT2D eigenvalue weighted by molar-refractivity contribution is 5.85. The number of nitrogens with zero attached hydrogens (tertiary/aromatic N) is 1. The molecule has 1 aliphatic heterocycles. The van der Waals surface area contributed by atoms with E-state index in [0.717, 1.165) is 12.0 Å². The quantitative estimate of drug-likeness (QED) is 0.668. The van der Waals surface area contributed by atoms with E-state index in [1.165, 1.54) is 0 Å². The van der Waals surface area contributed by atoms with Gasteiger partial charge in [-0.05, 0) is 0 Å². The maximum absolute atomic E-state index is 12.1. The van der Waals surface area contributed by atoms with E-state index in [2.05, 4.69) is 4.74 Å². The van der Waals surface area contributed by atoms with Crippen LogP contribution in [0.5, 0.6) is 0 Å². The fourth-order valence-electron chi connectivity index (χ4n) is 1.51. The summed E-state index contributed by atoms with van der Waals surface area (Å²) in [5.74, 6) is -1.92. The molecule has 0 aromatic carbocycles. The predicted molar refractivity (Wildman–Crippen MR) is 49.0 cm³/mol. The lowest BCUT2D eigenvalue weighted by Crippen LogP contribution is -2.53. The van der Waals surface area contributed by atoms with E-state index in [9.17, 15) is 22.8 Å². The molecule has 1 heterocycles. The average molecular weight is 255 g/mol. The smallest absolute Gasteiger partial charge is 0.397 e. The van der Waals surface area contributed by atoms with Gasteiger partial charge in [-0.1, -0.05) is 0 Å². The van der Waals surface area contributed by atoms with Crippen molar-refractivity contribution in [1.29, 1.82) is 0 Å². The van der Waals surface area contributed by atoms with Gasteiger partial charge in [-0.2, -0.15) is 13.2 Å². The Hall–Kier alpha value is -1.31. The molecule has 0 bridgehead atoms. The van der Waals surface area contributed by atoms with Crippen molar-refractivity contribution < 1.29 is 32.2 Å². The van der Waals surface area contributed by atoms with Crippen LogP contribution in [0.1, 0.15) is 6.42 Å². The molecule has 0 N–H and O–H groups in total. The highest BCUT2D eigenvalue weighted by atomic mass is 19.4. The van der Waals surface area contributed by atoms with Gasteiger partial charge >= 0.3 is 12.1 Å². The van der Waals surface area contributed by atoms with E-state index in [-0.39, 0.29) is 19.8 Å². The number of carbonyl (C=O) groups excluding carboxylic acids is 2. The van der Waals surface area contributed by atoms with Crippen molar-refractivity contribution in [2.75, 3.05) is 26.9 Å². The molecule has 0 radical (unpaired) electrons. The number of amides is 1. The standard InChI is InChI=1S/C9H12F3NO4/c1-16-8(15)6-5-17-3-2-13(6)7(14)4-9(10,11)12/h6H,2-5H2,1H3. The van der Waals surface area contributed by atoms with Gasteiger partial charge in [-0.15, -0.1) is 0 Å². The minimum absolute atomic E-state index is 0.0469. The van der Waals surface area contributed by atoms with Gasteiger partial charge in [-0.25, -0.2) is 4.79 Å². The van der Waals surface area contributed by atoms with Gasteiger partial charge in [0, 0.05) is 6.54 Å². The molecule has 5 nitrogen and oxygen atoms in total. The fourth-order valence-corrected chi connectivity index (χ4v) is 1.51. The summed E-state index contributed by atoms with van der Waals surface area (Å²) in [6, 6.07) is -1.09. The monoisotopic (exact) mass is 255 g/mol. The molecule has 1 saturated heterocycles. The van der Waals surface area contributed by atoms with Crippen molar-refractivity contribution in [2.45, 2.75) is 18.6 Å². The molecule has 1 unspecified atom stereocenters. The van der Waals surface area contributed by atoms with Crippen LogP contribution in [0.4, 0.5) is 13.2 Å². The Kier molecular flexibility index (Phi) is 4.33. The first kappa shape index (κ1) is 13.8. The first-order valence-corrected chi connectivity index (χ1v) is 4.87. The number of hydrogen-bond donors (Lipinski definition) is 0. The third-order valence-corrected chi connectivity index (χ3v) is 2.27. The summed E-state index contributed by atoms with van der Waals surface area (Å²) >= 11 is 0. The zero-order valence-electron chi connectivity index (χ0n) is 9.12. The average Bonchev–Trinajstić information content (AvgIpc) is 2.25. The lowest BCUT2D eigenvalue weighted by Gasteiger charge is -2.33. The second-order valence-corrected chi connectivity index (χ2v) is 3.49. The third kappa shape index (κ3) is 3.88. The van der Waals surface area contributed by atoms with E-state index >= 15 is 0 Å². The lowest BCUT2D eigenvalue weighted by molar-refractivity contribution is -0.174. The molecule has 17 heavy (non-hydrogen) atoms. The summed E-state index contributed by atoms with van der Waals surface area (Å²) in [5.41, 5.74) is 0. The predicted octanol–water partition coefficient (Wildman–Crippen LogP) is 0.339. The first-order chi connectivity index (χ1) is 7.85. The van der Waals surface area contributed by atoms with Gasteiger partial charge in [0.25, 0.3) is 0 Å². The number of alkyl halides is 3. The molecule has 8 heteroatoms. The topological polar surface area (TPSA) is 55.8 Å². The molecule has 0 saturated carbocycles. The second-order valence-electron chi connectivity index (χ2n) is 3.49. The van der Waals surface area contributed by atoms with Gasteiger partial charge in [0.2, 0.25) is 5.91 Å². The minimum atomic E-state index is -4.59. The van der Waals surface area contributed by atoms with Crippen molar-refractivity contribution in [3.8, 4) is 0 Å². The summed E-state index contributed by atoms with van der Waals surface area (Å²) in [6.07, 6.45) is -6.17. The molecule has 1 amide bonds. The number of morpholine rings is 1. The molecular formula is C9H12F3NO4. The van der Waals surface area contributed by atoms with Crippen molar-refractivity contribution in [3.05, 3.63) is 0 Å². The highest BCUT2D eigenvalue weighted by Gasteiger charge is 2.39. The number of rotatable bonds is 2. The number of carbonyl (C=O) groups is 2. The molecular weight excluding hydrogens is 243 g/mol. The molecule has 0 aromatic rings. The lowest BCUT2D eigenvalue weighted by atomic mass is 10.2. The van der Waals surface area contributed by atoms with Crippen LogP contribution < -0.4 is 0 Å².